The Hall–Kier alpha value is -1.21. The van der Waals surface area contributed by atoms with Crippen LogP contribution in [0.15, 0.2) is 30.3 Å². The lowest BCUT2D eigenvalue weighted by Gasteiger charge is -2.23. The predicted octanol–water partition coefficient (Wildman–Crippen LogP) is 4.40. The predicted molar refractivity (Wildman–Crippen MR) is 105 cm³/mol. The Morgan fingerprint density at radius 3 is 2.30 bits per heavy atom. The van der Waals surface area contributed by atoms with Crippen molar-refractivity contribution < 1.29 is 23.8 Å². The lowest BCUT2D eigenvalue weighted by atomic mass is 10.2. The van der Waals surface area contributed by atoms with Crippen LogP contribution in [-0.2, 0) is 25.6 Å². The van der Waals surface area contributed by atoms with Gasteiger partial charge in [0.15, 0.2) is 0 Å². The van der Waals surface area contributed by atoms with Gasteiger partial charge in [-0.05, 0) is 26.3 Å². The molecule has 0 unspecified atom stereocenters. The average molecular weight is 441 g/mol. The Kier molecular flexibility index (Phi) is 9.67. The molecule has 0 aliphatic rings. The first-order valence-corrected chi connectivity index (χ1v) is 9.41. The van der Waals surface area contributed by atoms with E-state index in [4.69, 9.17) is 49.0 Å². The number of hydrogen-bond acceptors (Lipinski definition) is 5. The van der Waals surface area contributed by atoms with Gasteiger partial charge < -0.3 is 19.5 Å². The molecule has 1 atom stereocenters. The molecule has 0 saturated carbocycles. The molecule has 0 aromatic heterocycles. The summed E-state index contributed by atoms with van der Waals surface area (Å²) in [6.45, 7) is 5.24. The monoisotopic (exact) mass is 439 g/mol. The van der Waals surface area contributed by atoms with Crippen molar-refractivity contribution in [3.63, 3.8) is 0 Å². The van der Waals surface area contributed by atoms with Crippen LogP contribution >= 0.6 is 34.8 Å². The fourth-order valence-electron chi connectivity index (χ4n) is 1.94. The number of alkyl halides is 3. The van der Waals surface area contributed by atoms with Crippen LogP contribution in [0.5, 0.6) is 0 Å². The Balaban J connectivity index is 2.59. The average Bonchev–Trinajstić information content (AvgIpc) is 2.51. The first kappa shape index (κ1) is 23.8. The number of alkyl carbamates (subject to hydrolysis) is 1. The van der Waals surface area contributed by atoms with Crippen molar-refractivity contribution in [3.05, 3.63) is 35.9 Å². The molecule has 152 valence electrons. The van der Waals surface area contributed by atoms with Crippen LogP contribution in [-0.4, -0.2) is 40.7 Å². The van der Waals surface area contributed by atoms with Gasteiger partial charge in [0.25, 0.3) is 0 Å². The molecule has 27 heavy (non-hydrogen) atoms. The molecule has 1 aromatic rings. The zero-order valence-corrected chi connectivity index (χ0v) is 17.7. The molecule has 0 bridgehead atoms. The molecule has 0 aliphatic carbocycles. The number of esters is 1. The van der Waals surface area contributed by atoms with E-state index in [2.05, 4.69) is 5.32 Å². The van der Waals surface area contributed by atoms with Gasteiger partial charge in [0, 0.05) is 0 Å². The smallest absolute Gasteiger partial charge is 0.407 e. The van der Waals surface area contributed by atoms with Gasteiger partial charge in [0.2, 0.25) is 3.79 Å². The summed E-state index contributed by atoms with van der Waals surface area (Å²) in [6, 6.07) is 8.84. The van der Waals surface area contributed by atoms with Crippen LogP contribution in [0.4, 0.5) is 4.79 Å². The van der Waals surface area contributed by atoms with Gasteiger partial charge in [0.05, 0.1) is 25.7 Å². The van der Waals surface area contributed by atoms with Crippen molar-refractivity contribution in [2.45, 2.75) is 49.2 Å². The molecule has 0 aliphatic heterocycles. The zero-order valence-electron chi connectivity index (χ0n) is 15.5. The van der Waals surface area contributed by atoms with E-state index in [0.717, 1.165) is 5.56 Å². The first-order valence-electron chi connectivity index (χ1n) is 8.28. The van der Waals surface area contributed by atoms with Gasteiger partial charge in [-0.3, -0.25) is 4.79 Å². The van der Waals surface area contributed by atoms with Gasteiger partial charge in [0.1, 0.15) is 12.2 Å². The summed E-state index contributed by atoms with van der Waals surface area (Å²) in [4.78, 5) is 24.0. The SMILES string of the molecule is CC(C)(C)OC(=O)N[C@@H](COCc1ccccc1)CC(=O)OCC(Cl)(Cl)Cl. The number of nitrogens with one attached hydrogen (secondary N) is 1. The van der Waals surface area contributed by atoms with E-state index < -0.39 is 27.5 Å². The molecule has 1 amide bonds. The maximum Gasteiger partial charge on any atom is 0.407 e. The highest BCUT2D eigenvalue weighted by Gasteiger charge is 2.25. The molecule has 6 nitrogen and oxygen atoms in total. The van der Waals surface area contributed by atoms with E-state index in [1.54, 1.807) is 20.8 Å². The third-order valence-electron chi connectivity index (χ3n) is 2.96. The van der Waals surface area contributed by atoms with Gasteiger partial charge in [-0.15, -0.1) is 0 Å². The minimum absolute atomic E-state index is 0.0804. The third kappa shape index (κ3) is 12.7. The highest BCUT2D eigenvalue weighted by Crippen LogP contribution is 2.26. The molecule has 0 fully saturated rings. The van der Waals surface area contributed by atoms with Crippen LogP contribution in [0.3, 0.4) is 0 Å². The summed E-state index contributed by atoms with van der Waals surface area (Å²) in [6.07, 6.45) is -0.820. The van der Waals surface area contributed by atoms with Crippen LogP contribution in [0.1, 0.15) is 32.8 Å². The summed E-state index contributed by atoms with van der Waals surface area (Å²) in [5.41, 5.74) is 0.294. The van der Waals surface area contributed by atoms with Gasteiger partial charge in [-0.25, -0.2) is 4.79 Å². The van der Waals surface area contributed by atoms with Gasteiger partial charge in [-0.2, -0.15) is 0 Å². The normalized spacial score (nSPS) is 13.0. The van der Waals surface area contributed by atoms with E-state index in [0.29, 0.717) is 6.61 Å². The van der Waals surface area contributed by atoms with Crippen molar-refractivity contribution in [3.8, 4) is 0 Å². The lowest BCUT2D eigenvalue weighted by Crippen LogP contribution is -2.43. The quantitative estimate of drug-likeness (QED) is 0.479. The zero-order chi connectivity index (χ0) is 20.5. The highest BCUT2D eigenvalue weighted by molar-refractivity contribution is 6.67. The van der Waals surface area contributed by atoms with Crippen molar-refractivity contribution in [1.82, 2.24) is 5.32 Å². The molecule has 9 heteroatoms. The van der Waals surface area contributed by atoms with Gasteiger partial charge >= 0.3 is 12.1 Å². The van der Waals surface area contributed by atoms with Crippen molar-refractivity contribution in [1.29, 1.82) is 0 Å². The number of hydrogen-bond donors (Lipinski definition) is 1. The van der Waals surface area contributed by atoms with Crippen LogP contribution in [0.2, 0.25) is 0 Å². The topological polar surface area (TPSA) is 73.9 Å². The van der Waals surface area contributed by atoms with E-state index in [-0.39, 0.29) is 19.6 Å². The van der Waals surface area contributed by atoms with Crippen LogP contribution in [0.25, 0.3) is 0 Å². The molecule has 0 saturated heterocycles. The first-order chi connectivity index (χ1) is 12.4. The van der Waals surface area contributed by atoms with E-state index >= 15 is 0 Å². The second-order valence-corrected chi connectivity index (χ2v) is 9.34. The summed E-state index contributed by atoms with van der Waals surface area (Å²) in [5.74, 6) is -0.634. The Labute approximate surface area is 174 Å². The van der Waals surface area contributed by atoms with Crippen LogP contribution < -0.4 is 5.32 Å². The Bertz CT molecular complexity index is 599. The Morgan fingerprint density at radius 2 is 1.74 bits per heavy atom. The molecule has 1 aromatic carbocycles. The van der Waals surface area contributed by atoms with Crippen molar-refractivity contribution >= 4 is 46.9 Å². The van der Waals surface area contributed by atoms with E-state index in [1.165, 1.54) is 0 Å². The van der Waals surface area contributed by atoms with Crippen LogP contribution in [0, 0.1) is 0 Å². The molecular formula is C18H24Cl3NO5. The molecule has 0 heterocycles. The third-order valence-corrected chi connectivity index (χ3v) is 3.29. The number of halogens is 3. The van der Waals surface area contributed by atoms with Crippen molar-refractivity contribution in [2.24, 2.45) is 0 Å². The number of carbonyl (C=O) groups is 2. The fourth-order valence-corrected chi connectivity index (χ4v) is 2.11. The minimum Gasteiger partial charge on any atom is -0.461 e. The molecule has 0 spiro atoms. The highest BCUT2D eigenvalue weighted by atomic mass is 35.6. The minimum atomic E-state index is -1.70. The second kappa shape index (κ2) is 11.0. The number of benzene rings is 1. The number of carbonyl (C=O) groups excluding carboxylic acids is 2. The number of ether oxygens (including phenoxy) is 3. The van der Waals surface area contributed by atoms with E-state index in [1.807, 2.05) is 30.3 Å². The summed E-state index contributed by atoms with van der Waals surface area (Å²) in [7, 11) is 0. The van der Waals surface area contributed by atoms with Gasteiger partial charge in [-0.1, -0.05) is 65.1 Å². The second-order valence-electron chi connectivity index (χ2n) is 6.82. The molecule has 1 rings (SSSR count). The lowest BCUT2D eigenvalue weighted by molar-refractivity contribution is -0.144. The maximum atomic E-state index is 12.0. The largest absolute Gasteiger partial charge is 0.461 e. The molecule has 1 N–H and O–H groups in total. The summed E-state index contributed by atoms with van der Waals surface area (Å²) >= 11 is 16.7. The van der Waals surface area contributed by atoms with E-state index in [9.17, 15) is 9.59 Å². The van der Waals surface area contributed by atoms with Crippen molar-refractivity contribution in [2.75, 3.05) is 13.2 Å². The Morgan fingerprint density at radius 1 is 1.11 bits per heavy atom. The summed E-state index contributed by atoms with van der Waals surface area (Å²) < 4.78 is 14.0. The molecular weight excluding hydrogens is 417 g/mol. The standard InChI is InChI=1S/C18H24Cl3NO5/c1-17(2,3)27-16(24)22-14(9-15(23)26-12-18(19,20)21)11-25-10-13-7-5-4-6-8-13/h4-8,14H,9-12H2,1-3H3,(H,22,24)/t14-/m1/s1. The number of rotatable bonds is 8. The fraction of sp³-hybridized carbons (Fsp3) is 0.556. The molecule has 0 radical (unpaired) electrons. The number of amides is 1. The summed E-state index contributed by atoms with van der Waals surface area (Å²) in [5, 5.41) is 2.60. The maximum absolute atomic E-state index is 12.0.